The van der Waals surface area contributed by atoms with Crippen molar-refractivity contribution in [2.45, 2.75) is 25.6 Å². The van der Waals surface area contributed by atoms with E-state index in [0.29, 0.717) is 0 Å². The van der Waals surface area contributed by atoms with Gasteiger partial charge in [-0.15, -0.1) is 11.6 Å². The number of benzene rings is 2. The van der Waals surface area contributed by atoms with Gasteiger partial charge in [-0.2, -0.15) is 0 Å². The quantitative estimate of drug-likeness (QED) is 0.679. The molecule has 0 radical (unpaired) electrons. The first kappa shape index (κ1) is 15.2. The van der Waals surface area contributed by atoms with Crippen molar-refractivity contribution in [3.63, 3.8) is 0 Å². The van der Waals surface area contributed by atoms with Crippen LogP contribution in [0.5, 0.6) is 5.75 Å². The molecule has 0 spiro atoms. The van der Waals surface area contributed by atoms with Gasteiger partial charge in [0.25, 0.3) is 0 Å². The fraction of sp³-hybridized carbons (Fsp3) is 0.294. The maximum Gasteiger partial charge on any atom is 0.118 e. The SMILES string of the molecule is COc1ccc(CC(Cl)c2cc(C)c(C)cc2Cl)cc1. The zero-order valence-electron chi connectivity index (χ0n) is 11.9. The van der Waals surface area contributed by atoms with E-state index in [2.05, 4.69) is 19.9 Å². The van der Waals surface area contributed by atoms with Crippen molar-refractivity contribution in [2.75, 3.05) is 7.11 Å². The molecule has 0 bridgehead atoms. The summed E-state index contributed by atoms with van der Waals surface area (Å²) in [5.41, 5.74) is 4.56. The Hall–Kier alpha value is -1.18. The van der Waals surface area contributed by atoms with Gasteiger partial charge < -0.3 is 4.74 Å². The van der Waals surface area contributed by atoms with Gasteiger partial charge >= 0.3 is 0 Å². The Bertz CT molecular complexity index is 591. The summed E-state index contributed by atoms with van der Waals surface area (Å²) in [6.45, 7) is 4.13. The van der Waals surface area contributed by atoms with Crippen molar-refractivity contribution in [3.8, 4) is 5.75 Å². The van der Waals surface area contributed by atoms with Crippen molar-refractivity contribution in [1.82, 2.24) is 0 Å². The molecule has 106 valence electrons. The summed E-state index contributed by atoms with van der Waals surface area (Å²) in [7, 11) is 1.66. The molecular formula is C17H18Cl2O. The summed E-state index contributed by atoms with van der Waals surface area (Å²) in [5, 5.41) is 0.608. The van der Waals surface area contributed by atoms with Gasteiger partial charge in [0.2, 0.25) is 0 Å². The Morgan fingerprint density at radius 3 is 2.25 bits per heavy atom. The van der Waals surface area contributed by atoms with Gasteiger partial charge in [0.05, 0.1) is 12.5 Å². The molecule has 0 aliphatic rings. The van der Waals surface area contributed by atoms with Crippen molar-refractivity contribution >= 4 is 23.2 Å². The second kappa shape index (κ2) is 6.51. The fourth-order valence-corrected chi connectivity index (χ4v) is 2.89. The molecule has 0 amide bonds. The lowest BCUT2D eigenvalue weighted by Gasteiger charge is -2.14. The Morgan fingerprint density at radius 1 is 1.05 bits per heavy atom. The third kappa shape index (κ3) is 3.47. The summed E-state index contributed by atoms with van der Waals surface area (Å²) < 4.78 is 5.15. The lowest BCUT2D eigenvalue weighted by atomic mass is 10.00. The second-order valence-corrected chi connectivity index (χ2v) is 5.91. The van der Waals surface area contributed by atoms with E-state index >= 15 is 0 Å². The van der Waals surface area contributed by atoms with E-state index in [-0.39, 0.29) is 5.38 Å². The van der Waals surface area contributed by atoms with Crippen molar-refractivity contribution in [3.05, 3.63) is 63.7 Å². The smallest absolute Gasteiger partial charge is 0.118 e. The highest BCUT2D eigenvalue weighted by Gasteiger charge is 2.14. The minimum absolute atomic E-state index is 0.129. The zero-order chi connectivity index (χ0) is 14.7. The molecule has 1 nitrogen and oxygen atoms in total. The Labute approximate surface area is 130 Å². The molecule has 0 fully saturated rings. The highest BCUT2D eigenvalue weighted by atomic mass is 35.5. The maximum absolute atomic E-state index is 6.53. The number of ether oxygens (including phenoxy) is 1. The lowest BCUT2D eigenvalue weighted by molar-refractivity contribution is 0.414. The Balaban J connectivity index is 2.18. The third-order valence-electron chi connectivity index (χ3n) is 3.52. The predicted molar refractivity (Wildman–Crippen MR) is 86.2 cm³/mol. The number of aryl methyl sites for hydroxylation is 2. The van der Waals surface area contributed by atoms with Gasteiger partial charge in [-0.3, -0.25) is 0 Å². The summed E-state index contributed by atoms with van der Waals surface area (Å²) >= 11 is 12.8. The minimum Gasteiger partial charge on any atom is -0.497 e. The molecule has 0 saturated carbocycles. The lowest BCUT2D eigenvalue weighted by Crippen LogP contribution is -1.99. The van der Waals surface area contributed by atoms with E-state index in [4.69, 9.17) is 27.9 Å². The number of alkyl halides is 1. The molecule has 2 aromatic carbocycles. The minimum atomic E-state index is -0.129. The van der Waals surface area contributed by atoms with E-state index in [1.54, 1.807) is 7.11 Å². The maximum atomic E-state index is 6.53. The molecule has 3 heteroatoms. The van der Waals surface area contributed by atoms with Gasteiger partial charge in [0, 0.05) is 5.02 Å². The van der Waals surface area contributed by atoms with E-state index in [1.807, 2.05) is 30.3 Å². The van der Waals surface area contributed by atoms with Gasteiger partial charge in [-0.1, -0.05) is 29.8 Å². The standard InChI is InChI=1S/C17H18Cl2O/c1-11-8-15(16(18)9-12(11)2)17(19)10-13-4-6-14(20-3)7-5-13/h4-9,17H,10H2,1-3H3. The summed E-state index contributed by atoms with van der Waals surface area (Å²) in [6.07, 6.45) is 0.744. The van der Waals surface area contributed by atoms with Crippen molar-refractivity contribution in [2.24, 2.45) is 0 Å². The van der Waals surface area contributed by atoms with Crippen LogP contribution < -0.4 is 4.74 Å². The molecule has 2 rings (SSSR count). The Kier molecular flexibility index (Phi) is 4.95. The predicted octanol–water partition coefficient (Wildman–Crippen LogP) is 5.49. The van der Waals surface area contributed by atoms with E-state index in [0.717, 1.165) is 22.8 Å². The molecule has 0 aliphatic carbocycles. The number of rotatable bonds is 4. The summed E-state index contributed by atoms with van der Waals surface area (Å²) in [4.78, 5) is 0. The van der Waals surface area contributed by atoms with Crippen LogP contribution >= 0.6 is 23.2 Å². The van der Waals surface area contributed by atoms with Gasteiger partial charge in [-0.25, -0.2) is 0 Å². The molecule has 0 aliphatic heterocycles. The van der Waals surface area contributed by atoms with Crippen LogP contribution in [0.1, 0.15) is 27.6 Å². The van der Waals surface area contributed by atoms with Crippen LogP contribution in [0.3, 0.4) is 0 Å². The third-order valence-corrected chi connectivity index (χ3v) is 4.24. The monoisotopic (exact) mass is 308 g/mol. The van der Waals surface area contributed by atoms with Crippen molar-refractivity contribution in [1.29, 1.82) is 0 Å². The first-order chi connectivity index (χ1) is 9.51. The Morgan fingerprint density at radius 2 is 1.65 bits per heavy atom. The summed E-state index contributed by atoms with van der Waals surface area (Å²) in [6, 6.07) is 12.0. The fourth-order valence-electron chi connectivity index (χ4n) is 2.12. The van der Waals surface area contributed by atoms with Crippen LogP contribution in [-0.4, -0.2) is 7.11 Å². The largest absolute Gasteiger partial charge is 0.497 e. The van der Waals surface area contributed by atoms with Crippen LogP contribution in [0.4, 0.5) is 0 Å². The average Bonchev–Trinajstić information content (AvgIpc) is 2.43. The zero-order valence-corrected chi connectivity index (χ0v) is 13.4. The van der Waals surface area contributed by atoms with Crippen LogP contribution in [0.15, 0.2) is 36.4 Å². The summed E-state index contributed by atoms with van der Waals surface area (Å²) in [5.74, 6) is 0.851. The molecule has 1 unspecified atom stereocenters. The van der Waals surface area contributed by atoms with E-state index in [9.17, 15) is 0 Å². The first-order valence-corrected chi connectivity index (χ1v) is 7.36. The van der Waals surface area contributed by atoms with Crippen LogP contribution in [0.25, 0.3) is 0 Å². The highest BCUT2D eigenvalue weighted by molar-refractivity contribution is 6.32. The number of hydrogen-bond acceptors (Lipinski definition) is 1. The molecule has 2 aromatic rings. The van der Waals surface area contributed by atoms with E-state index < -0.39 is 0 Å². The van der Waals surface area contributed by atoms with Gasteiger partial charge in [0.15, 0.2) is 0 Å². The molecule has 0 saturated heterocycles. The van der Waals surface area contributed by atoms with Crippen LogP contribution in [-0.2, 0) is 6.42 Å². The molecular weight excluding hydrogens is 291 g/mol. The molecule has 1 atom stereocenters. The van der Waals surface area contributed by atoms with Crippen LogP contribution in [0.2, 0.25) is 5.02 Å². The van der Waals surface area contributed by atoms with E-state index in [1.165, 1.54) is 16.7 Å². The number of methoxy groups -OCH3 is 1. The molecule has 20 heavy (non-hydrogen) atoms. The molecule has 0 N–H and O–H groups in total. The van der Waals surface area contributed by atoms with Crippen molar-refractivity contribution < 1.29 is 4.74 Å². The van der Waals surface area contributed by atoms with Gasteiger partial charge in [-0.05, 0) is 60.7 Å². The molecule has 0 aromatic heterocycles. The van der Waals surface area contributed by atoms with Gasteiger partial charge in [0.1, 0.15) is 5.75 Å². The van der Waals surface area contributed by atoms with Crippen LogP contribution in [0, 0.1) is 13.8 Å². The normalized spacial score (nSPS) is 12.2. The first-order valence-electron chi connectivity index (χ1n) is 6.55. The number of hydrogen-bond donors (Lipinski definition) is 0. The highest BCUT2D eigenvalue weighted by Crippen LogP contribution is 2.33. The molecule has 0 heterocycles. The number of halogens is 2. The topological polar surface area (TPSA) is 9.23 Å². The second-order valence-electron chi connectivity index (χ2n) is 4.98. The average molecular weight is 309 g/mol.